The van der Waals surface area contributed by atoms with E-state index >= 15 is 0 Å². The molecule has 0 bridgehead atoms. The van der Waals surface area contributed by atoms with Gasteiger partial charge in [-0.3, -0.25) is 9.48 Å². The van der Waals surface area contributed by atoms with Gasteiger partial charge in [-0.25, -0.2) is 0 Å². The predicted octanol–water partition coefficient (Wildman–Crippen LogP) is 5.99. The van der Waals surface area contributed by atoms with Gasteiger partial charge in [0, 0.05) is 18.3 Å². The third kappa shape index (κ3) is 5.67. The van der Waals surface area contributed by atoms with Crippen LogP contribution < -0.4 is 9.47 Å². The van der Waals surface area contributed by atoms with Crippen molar-refractivity contribution in [2.75, 3.05) is 7.11 Å². The second-order valence-electron chi connectivity index (χ2n) is 8.86. The van der Waals surface area contributed by atoms with Gasteiger partial charge in [0.2, 0.25) is 5.78 Å². The van der Waals surface area contributed by atoms with Gasteiger partial charge in [-0.05, 0) is 66.3 Å². The zero-order valence-corrected chi connectivity index (χ0v) is 19.8. The third-order valence-electron chi connectivity index (χ3n) is 5.28. The number of aryl methyl sites for hydroxylation is 2. The Morgan fingerprint density at radius 3 is 2.53 bits per heavy atom. The van der Waals surface area contributed by atoms with Crippen LogP contribution in [0.15, 0.2) is 54.7 Å². The molecular formula is C27H32N2O3. The normalized spacial score (nSPS) is 11.7. The zero-order chi connectivity index (χ0) is 23.3. The second-order valence-corrected chi connectivity index (χ2v) is 8.86. The van der Waals surface area contributed by atoms with E-state index in [2.05, 4.69) is 51.0 Å². The van der Waals surface area contributed by atoms with Crippen molar-refractivity contribution in [3.8, 4) is 11.5 Å². The second kappa shape index (κ2) is 9.86. The lowest BCUT2D eigenvalue weighted by molar-refractivity contribution is 0.104. The molecule has 3 aromatic rings. The monoisotopic (exact) mass is 432 g/mol. The van der Waals surface area contributed by atoms with Crippen molar-refractivity contribution >= 4 is 11.9 Å². The summed E-state index contributed by atoms with van der Waals surface area (Å²) in [6, 6.07) is 13.9. The largest absolute Gasteiger partial charge is 0.496 e. The first-order valence-corrected chi connectivity index (χ1v) is 10.9. The van der Waals surface area contributed by atoms with Crippen molar-refractivity contribution in [3.63, 3.8) is 0 Å². The number of carbonyl (C=O) groups is 1. The van der Waals surface area contributed by atoms with Crippen LogP contribution in [0.25, 0.3) is 6.08 Å². The molecule has 1 aromatic heterocycles. The molecule has 0 spiro atoms. The molecule has 168 valence electrons. The highest BCUT2D eigenvalue weighted by molar-refractivity contribution is 6.05. The van der Waals surface area contributed by atoms with Crippen LogP contribution in [-0.4, -0.2) is 22.7 Å². The molecule has 0 aliphatic heterocycles. The summed E-state index contributed by atoms with van der Waals surface area (Å²) in [5, 5.41) is 4.26. The Morgan fingerprint density at radius 1 is 1.09 bits per heavy atom. The summed E-state index contributed by atoms with van der Waals surface area (Å²) in [5.74, 6) is 1.50. The maximum Gasteiger partial charge on any atom is 0.206 e. The van der Waals surface area contributed by atoms with Crippen LogP contribution >= 0.6 is 0 Å². The molecule has 3 rings (SSSR count). The third-order valence-corrected chi connectivity index (χ3v) is 5.28. The van der Waals surface area contributed by atoms with Gasteiger partial charge in [0.05, 0.1) is 7.11 Å². The van der Waals surface area contributed by atoms with Gasteiger partial charge >= 0.3 is 0 Å². The molecule has 0 fully saturated rings. The Labute approximate surface area is 190 Å². The summed E-state index contributed by atoms with van der Waals surface area (Å²) < 4.78 is 13.5. The molecule has 0 N–H and O–H groups in total. The van der Waals surface area contributed by atoms with Gasteiger partial charge in [0.1, 0.15) is 23.8 Å². The number of nitrogens with zero attached hydrogens (tertiary/aromatic N) is 2. The molecule has 0 aliphatic rings. The van der Waals surface area contributed by atoms with Crippen molar-refractivity contribution in [2.24, 2.45) is 0 Å². The summed E-state index contributed by atoms with van der Waals surface area (Å²) in [7, 11) is 1.65. The Morgan fingerprint density at radius 2 is 1.88 bits per heavy atom. The Hall–Kier alpha value is -3.34. The Balaban J connectivity index is 1.80. The smallest absolute Gasteiger partial charge is 0.206 e. The van der Waals surface area contributed by atoms with Crippen molar-refractivity contribution < 1.29 is 14.3 Å². The first kappa shape index (κ1) is 23.3. The molecule has 2 aromatic carbocycles. The van der Waals surface area contributed by atoms with Crippen LogP contribution in [0, 0.1) is 6.92 Å². The fraction of sp³-hybridized carbons (Fsp3) is 0.333. The Kier molecular flexibility index (Phi) is 7.18. The summed E-state index contributed by atoms with van der Waals surface area (Å²) in [4.78, 5) is 12.4. The lowest BCUT2D eigenvalue weighted by Gasteiger charge is -2.23. The number of benzene rings is 2. The number of methoxy groups -OCH3 is 1. The topological polar surface area (TPSA) is 53.4 Å². The molecule has 5 nitrogen and oxygen atoms in total. The highest BCUT2D eigenvalue weighted by Crippen LogP contribution is 2.33. The molecule has 0 unspecified atom stereocenters. The van der Waals surface area contributed by atoms with Crippen molar-refractivity contribution in [2.45, 2.75) is 53.2 Å². The quantitative estimate of drug-likeness (QED) is 0.324. The number of allylic oxidation sites excluding steroid dienone is 1. The van der Waals surface area contributed by atoms with E-state index in [1.807, 2.05) is 25.1 Å². The number of carbonyl (C=O) groups excluding carboxylic acids is 1. The van der Waals surface area contributed by atoms with Crippen LogP contribution in [0.1, 0.15) is 60.4 Å². The van der Waals surface area contributed by atoms with Crippen LogP contribution in [0.3, 0.4) is 0 Å². The highest BCUT2D eigenvalue weighted by Gasteiger charge is 2.19. The number of hydrogen-bond donors (Lipinski definition) is 0. The minimum Gasteiger partial charge on any atom is -0.496 e. The van der Waals surface area contributed by atoms with E-state index in [1.54, 1.807) is 36.2 Å². The average molecular weight is 433 g/mol. The summed E-state index contributed by atoms with van der Waals surface area (Å²) >= 11 is 0. The van der Waals surface area contributed by atoms with Crippen molar-refractivity contribution in [1.29, 1.82) is 0 Å². The van der Waals surface area contributed by atoms with Gasteiger partial charge in [-0.15, -0.1) is 0 Å². The molecule has 1 heterocycles. The maximum absolute atomic E-state index is 12.4. The standard InChI is InChI=1S/C27H32N2O3/c1-7-29-15-14-23(28-29)24(30)12-9-20-10-13-25(31-6)21(17-20)18-32-26-16-19(2)8-11-22(26)27(3,4)5/h8-17H,7,18H2,1-6H3/b12-9+. The van der Waals surface area contributed by atoms with Crippen LogP contribution in [0.4, 0.5) is 0 Å². The van der Waals surface area contributed by atoms with E-state index in [9.17, 15) is 4.79 Å². The Bertz CT molecular complexity index is 1120. The lowest BCUT2D eigenvalue weighted by atomic mass is 9.86. The number of ketones is 1. The van der Waals surface area contributed by atoms with Crippen LogP contribution in [-0.2, 0) is 18.6 Å². The van der Waals surface area contributed by atoms with Gasteiger partial charge in [0.25, 0.3) is 0 Å². The number of hydrogen-bond acceptors (Lipinski definition) is 4. The minimum atomic E-state index is -0.125. The fourth-order valence-electron chi connectivity index (χ4n) is 3.47. The fourth-order valence-corrected chi connectivity index (χ4v) is 3.47. The minimum absolute atomic E-state index is 0.0250. The molecular weight excluding hydrogens is 400 g/mol. The molecule has 0 atom stereocenters. The number of ether oxygens (including phenoxy) is 2. The van der Waals surface area contributed by atoms with Gasteiger partial charge < -0.3 is 9.47 Å². The van der Waals surface area contributed by atoms with Crippen LogP contribution in [0.5, 0.6) is 11.5 Å². The molecule has 0 saturated carbocycles. The average Bonchev–Trinajstić information content (AvgIpc) is 3.24. The van der Waals surface area contributed by atoms with E-state index in [4.69, 9.17) is 9.47 Å². The molecule has 0 amide bonds. The van der Waals surface area contributed by atoms with E-state index in [0.717, 1.165) is 40.3 Å². The predicted molar refractivity (Wildman–Crippen MR) is 128 cm³/mol. The molecule has 0 aliphatic carbocycles. The zero-order valence-electron chi connectivity index (χ0n) is 19.8. The van der Waals surface area contributed by atoms with Gasteiger partial charge in [-0.1, -0.05) is 45.0 Å². The lowest BCUT2D eigenvalue weighted by Crippen LogP contribution is -2.13. The van der Waals surface area contributed by atoms with Crippen molar-refractivity contribution in [3.05, 3.63) is 82.7 Å². The molecule has 0 radical (unpaired) electrons. The number of aromatic nitrogens is 2. The highest BCUT2D eigenvalue weighted by atomic mass is 16.5. The SMILES string of the molecule is CCn1ccc(C(=O)/C=C/c2ccc(OC)c(COc3cc(C)ccc3C(C)(C)C)c2)n1. The maximum atomic E-state index is 12.4. The van der Waals surface area contributed by atoms with Gasteiger partial charge in [0.15, 0.2) is 0 Å². The number of rotatable bonds is 8. The van der Waals surface area contributed by atoms with Gasteiger partial charge in [-0.2, -0.15) is 5.10 Å². The first-order valence-electron chi connectivity index (χ1n) is 10.9. The summed E-state index contributed by atoms with van der Waals surface area (Å²) in [5.41, 5.74) is 4.54. The summed E-state index contributed by atoms with van der Waals surface area (Å²) in [6.45, 7) is 11.7. The molecule has 5 heteroatoms. The summed E-state index contributed by atoms with van der Waals surface area (Å²) in [6.07, 6.45) is 5.15. The molecule has 0 saturated heterocycles. The molecule has 32 heavy (non-hydrogen) atoms. The van der Waals surface area contributed by atoms with Crippen molar-refractivity contribution in [1.82, 2.24) is 9.78 Å². The first-order chi connectivity index (χ1) is 15.2. The van der Waals surface area contributed by atoms with E-state index in [-0.39, 0.29) is 11.2 Å². The van der Waals surface area contributed by atoms with E-state index < -0.39 is 0 Å². The van der Waals surface area contributed by atoms with E-state index in [0.29, 0.717) is 12.3 Å². The van der Waals surface area contributed by atoms with E-state index in [1.165, 1.54) is 0 Å². The van der Waals surface area contributed by atoms with Crippen LogP contribution in [0.2, 0.25) is 0 Å².